The molecule has 2 N–H and O–H groups in total. The summed E-state index contributed by atoms with van der Waals surface area (Å²) in [6, 6.07) is 0. The van der Waals surface area contributed by atoms with E-state index in [4.69, 9.17) is 10.7 Å². The zero-order valence-electron chi connectivity index (χ0n) is 10.1. The minimum atomic E-state index is -0.240. The topological polar surface area (TPSA) is 38.9 Å². The second kappa shape index (κ2) is 3.29. The van der Waals surface area contributed by atoms with Gasteiger partial charge in [-0.25, -0.2) is 4.98 Å². The second-order valence-electron chi connectivity index (χ2n) is 5.14. The van der Waals surface area contributed by atoms with Gasteiger partial charge in [-0.15, -0.1) is 11.3 Å². The van der Waals surface area contributed by atoms with E-state index < -0.39 is 0 Å². The largest absolute Gasteiger partial charge is 0.319 e. The molecule has 0 saturated heterocycles. The first kappa shape index (κ1) is 11.1. The van der Waals surface area contributed by atoms with Crippen molar-refractivity contribution in [3.63, 3.8) is 0 Å². The molecule has 2 rings (SSSR count). The molecule has 0 aliphatic heterocycles. The Morgan fingerprint density at radius 1 is 1.53 bits per heavy atom. The molecule has 1 heterocycles. The van der Waals surface area contributed by atoms with E-state index in [0.717, 1.165) is 11.4 Å². The van der Waals surface area contributed by atoms with Crippen LogP contribution in [0.2, 0.25) is 0 Å². The number of aryl methyl sites for hydroxylation is 2. The molecule has 0 amide bonds. The van der Waals surface area contributed by atoms with Crippen LogP contribution in [0.3, 0.4) is 0 Å². The summed E-state index contributed by atoms with van der Waals surface area (Å²) in [6.07, 6.45) is 3.48. The average molecular weight is 224 g/mol. The van der Waals surface area contributed by atoms with Gasteiger partial charge in [-0.3, -0.25) is 0 Å². The molecule has 1 saturated carbocycles. The molecule has 3 heteroatoms. The maximum absolute atomic E-state index is 6.46. The highest BCUT2D eigenvalue weighted by Crippen LogP contribution is 2.57. The lowest BCUT2D eigenvalue weighted by atomic mass is 9.85. The van der Waals surface area contributed by atoms with Gasteiger partial charge in [0.15, 0.2) is 0 Å². The van der Waals surface area contributed by atoms with Gasteiger partial charge in [-0.1, -0.05) is 13.8 Å². The summed E-state index contributed by atoms with van der Waals surface area (Å²) in [5.74, 6) is 0. The highest BCUT2D eigenvalue weighted by Gasteiger charge is 2.53. The van der Waals surface area contributed by atoms with Crippen LogP contribution in [-0.4, -0.2) is 4.98 Å². The van der Waals surface area contributed by atoms with Crippen molar-refractivity contribution in [2.24, 2.45) is 11.1 Å². The Balaban J connectivity index is 2.36. The van der Waals surface area contributed by atoms with E-state index in [-0.39, 0.29) is 11.0 Å². The Bertz CT molecular complexity index is 375. The molecular weight excluding hydrogens is 204 g/mol. The lowest BCUT2D eigenvalue weighted by Gasteiger charge is -2.29. The van der Waals surface area contributed by atoms with Crippen molar-refractivity contribution in [1.29, 1.82) is 0 Å². The van der Waals surface area contributed by atoms with Gasteiger partial charge in [0.25, 0.3) is 0 Å². The van der Waals surface area contributed by atoms with E-state index >= 15 is 0 Å². The molecule has 1 aromatic heterocycles. The minimum Gasteiger partial charge on any atom is -0.319 e. The molecule has 0 spiro atoms. The Labute approximate surface area is 95.9 Å². The number of rotatable bonds is 3. The van der Waals surface area contributed by atoms with Crippen LogP contribution in [0.25, 0.3) is 0 Å². The Morgan fingerprint density at radius 3 is 2.53 bits per heavy atom. The predicted octanol–water partition coefficient (Wildman–Crippen LogP) is 2.99. The van der Waals surface area contributed by atoms with Crippen molar-refractivity contribution < 1.29 is 0 Å². The van der Waals surface area contributed by atoms with Crippen LogP contribution in [0.5, 0.6) is 0 Å². The van der Waals surface area contributed by atoms with E-state index in [9.17, 15) is 0 Å². The molecule has 1 aliphatic carbocycles. The van der Waals surface area contributed by atoms with Crippen molar-refractivity contribution in [3.05, 3.63) is 15.6 Å². The number of nitrogens with two attached hydrogens (primary N) is 1. The molecule has 1 aliphatic rings. The first-order valence-electron chi connectivity index (χ1n) is 5.66. The molecule has 2 nitrogen and oxygen atoms in total. The van der Waals surface area contributed by atoms with Crippen molar-refractivity contribution in [2.45, 2.75) is 52.5 Å². The third-order valence-electron chi connectivity index (χ3n) is 3.93. The van der Waals surface area contributed by atoms with Crippen LogP contribution in [0.4, 0.5) is 0 Å². The summed E-state index contributed by atoms with van der Waals surface area (Å²) >= 11 is 1.78. The van der Waals surface area contributed by atoms with Crippen LogP contribution in [0.1, 0.15) is 49.2 Å². The Morgan fingerprint density at radius 2 is 2.13 bits per heavy atom. The highest BCUT2D eigenvalue weighted by atomic mass is 32.1. The summed E-state index contributed by atoms with van der Waals surface area (Å²) in [4.78, 5) is 6.03. The number of hydrogen-bond acceptors (Lipinski definition) is 3. The van der Waals surface area contributed by atoms with Crippen molar-refractivity contribution in [1.82, 2.24) is 4.98 Å². The molecular formula is C12H20N2S. The van der Waals surface area contributed by atoms with Gasteiger partial charge in [0.1, 0.15) is 5.01 Å². The lowest BCUT2D eigenvalue weighted by molar-refractivity contribution is 0.299. The standard InChI is InChI=1S/C12H20N2S/c1-5-9-8(2)15-10(14-9)12(4,13)11(3)6-7-11/h5-7,13H2,1-4H3. The maximum Gasteiger partial charge on any atom is 0.113 e. The van der Waals surface area contributed by atoms with Gasteiger partial charge in [-0.05, 0) is 38.5 Å². The predicted molar refractivity (Wildman–Crippen MR) is 65.1 cm³/mol. The van der Waals surface area contributed by atoms with Crippen molar-refractivity contribution in [2.75, 3.05) is 0 Å². The number of hydrogen-bond donors (Lipinski definition) is 1. The zero-order chi connectivity index (χ0) is 11.3. The summed E-state index contributed by atoms with van der Waals surface area (Å²) in [6.45, 7) is 8.71. The zero-order valence-corrected chi connectivity index (χ0v) is 10.9. The molecule has 1 aromatic rings. The fourth-order valence-electron chi connectivity index (χ4n) is 1.94. The monoisotopic (exact) mass is 224 g/mol. The molecule has 1 atom stereocenters. The lowest BCUT2D eigenvalue weighted by Crippen LogP contribution is -2.41. The molecule has 15 heavy (non-hydrogen) atoms. The van der Waals surface area contributed by atoms with Crippen molar-refractivity contribution >= 4 is 11.3 Å². The molecule has 1 fully saturated rings. The first-order chi connectivity index (χ1) is 6.90. The van der Waals surface area contributed by atoms with Gasteiger partial charge in [0, 0.05) is 4.88 Å². The molecule has 0 aromatic carbocycles. The minimum absolute atomic E-state index is 0.240. The third kappa shape index (κ3) is 1.62. The summed E-state index contributed by atoms with van der Waals surface area (Å²) < 4.78 is 0. The fourth-order valence-corrected chi connectivity index (χ4v) is 3.16. The number of thiazole rings is 1. The number of aromatic nitrogens is 1. The SMILES string of the molecule is CCc1nc(C(C)(N)C2(C)CC2)sc1C. The average Bonchev–Trinajstić information content (AvgIpc) is 2.80. The highest BCUT2D eigenvalue weighted by molar-refractivity contribution is 7.11. The van der Waals surface area contributed by atoms with E-state index in [1.807, 2.05) is 0 Å². The molecule has 1 unspecified atom stereocenters. The van der Waals surface area contributed by atoms with Gasteiger partial charge in [0.2, 0.25) is 0 Å². The van der Waals surface area contributed by atoms with Crippen LogP contribution in [-0.2, 0) is 12.0 Å². The Hall–Kier alpha value is -0.410. The summed E-state index contributed by atoms with van der Waals surface area (Å²) in [7, 11) is 0. The van der Waals surface area contributed by atoms with Gasteiger partial charge < -0.3 is 5.73 Å². The first-order valence-corrected chi connectivity index (χ1v) is 6.48. The molecule has 0 bridgehead atoms. The normalized spacial score (nSPS) is 22.5. The smallest absolute Gasteiger partial charge is 0.113 e. The summed E-state index contributed by atoms with van der Waals surface area (Å²) in [5.41, 5.74) is 7.72. The van der Waals surface area contributed by atoms with Crippen LogP contribution < -0.4 is 5.73 Å². The maximum atomic E-state index is 6.46. The van der Waals surface area contributed by atoms with Crippen molar-refractivity contribution in [3.8, 4) is 0 Å². The van der Waals surface area contributed by atoms with E-state index in [2.05, 4.69) is 27.7 Å². The van der Waals surface area contributed by atoms with E-state index in [1.54, 1.807) is 11.3 Å². The quantitative estimate of drug-likeness (QED) is 0.857. The van der Waals surface area contributed by atoms with Gasteiger partial charge in [-0.2, -0.15) is 0 Å². The fraction of sp³-hybridized carbons (Fsp3) is 0.750. The Kier molecular flexibility index (Phi) is 2.43. The molecule has 0 radical (unpaired) electrons. The van der Waals surface area contributed by atoms with Gasteiger partial charge in [0.05, 0.1) is 11.2 Å². The summed E-state index contributed by atoms with van der Waals surface area (Å²) in [5, 5.41) is 1.12. The van der Waals surface area contributed by atoms with Gasteiger partial charge >= 0.3 is 0 Å². The van der Waals surface area contributed by atoms with Crippen LogP contribution in [0, 0.1) is 12.3 Å². The van der Waals surface area contributed by atoms with Crippen LogP contribution >= 0.6 is 11.3 Å². The molecule has 84 valence electrons. The van der Waals surface area contributed by atoms with Crippen LogP contribution in [0.15, 0.2) is 0 Å². The third-order valence-corrected chi connectivity index (χ3v) is 5.18. The second-order valence-corrected chi connectivity index (χ2v) is 6.34. The number of nitrogens with zero attached hydrogens (tertiary/aromatic N) is 1. The van der Waals surface area contributed by atoms with E-state index in [1.165, 1.54) is 23.4 Å². The van der Waals surface area contributed by atoms with E-state index in [0.29, 0.717) is 0 Å².